The van der Waals surface area contributed by atoms with Gasteiger partial charge in [-0.1, -0.05) is 13.0 Å². The number of carbonyl (C=O) groups excluding carboxylic acids is 1. The van der Waals surface area contributed by atoms with E-state index in [0.717, 1.165) is 11.3 Å². The second-order valence-electron chi connectivity index (χ2n) is 4.05. The van der Waals surface area contributed by atoms with Crippen LogP contribution in [0, 0.1) is 0 Å². The minimum Gasteiger partial charge on any atom is -0.480 e. The molecule has 2 atom stereocenters. The van der Waals surface area contributed by atoms with Gasteiger partial charge in [-0.05, 0) is 24.8 Å². The molecule has 18 heavy (non-hydrogen) atoms. The second kappa shape index (κ2) is 6.39. The quantitative estimate of drug-likeness (QED) is 0.862. The van der Waals surface area contributed by atoms with Gasteiger partial charge in [0.05, 0.1) is 6.04 Å². The Morgan fingerprint density at radius 3 is 2.67 bits per heavy atom. The van der Waals surface area contributed by atoms with Gasteiger partial charge in [-0.2, -0.15) is 0 Å². The summed E-state index contributed by atoms with van der Waals surface area (Å²) in [6.45, 7) is 3.46. The number of thiophene rings is 1. The van der Waals surface area contributed by atoms with E-state index in [-0.39, 0.29) is 12.1 Å². The summed E-state index contributed by atoms with van der Waals surface area (Å²) in [5, 5.41) is 13.6. The van der Waals surface area contributed by atoms with E-state index in [0.29, 0.717) is 0 Å². The third-order valence-electron chi connectivity index (χ3n) is 2.85. The molecule has 2 amide bonds. The lowest BCUT2D eigenvalue weighted by Crippen LogP contribution is -2.46. The number of amides is 2. The van der Waals surface area contributed by atoms with E-state index in [1.165, 1.54) is 18.9 Å². The molecule has 1 heterocycles. The van der Waals surface area contributed by atoms with Crippen molar-refractivity contribution in [2.75, 3.05) is 7.05 Å². The Hall–Kier alpha value is -1.56. The molecular weight excluding hydrogens is 252 g/mol. The highest BCUT2D eigenvalue weighted by Crippen LogP contribution is 2.21. The number of hydrogen-bond donors (Lipinski definition) is 2. The van der Waals surface area contributed by atoms with Gasteiger partial charge in [0.2, 0.25) is 0 Å². The van der Waals surface area contributed by atoms with Crippen molar-refractivity contribution in [2.24, 2.45) is 0 Å². The molecule has 0 aromatic carbocycles. The molecule has 0 aliphatic rings. The first-order valence-corrected chi connectivity index (χ1v) is 6.64. The topological polar surface area (TPSA) is 69.6 Å². The van der Waals surface area contributed by atoms with Gasteiger partial charge < -0.3 is 15.3 Å². The Labute approximate surface area is 110 Å². The minimum atomic E-state index is -1.02. The van der Waals surface area contributed by atoms with Crippen LogP contribution in [0.2, 0.25) is 0 Å². The summed E-state index contributed by atoms with van der Waals surface area (Å²) in [6.07, 6.45) is 0.765. The maximum Gasteiger partial charge on any atom is 0.326 e. The SMILES string of the molecule is CCC(NC(=O)N(C)C(C)C(=O)O)c1cccs1. The fourth-order valence-corrected chi connectivity index (χ4v) is 2.32. The third kappa shape index (κ3) is 3.46. The molecule has 6 heteroatoms. The highest BCUT2D eigenvalue weighted by molar-refractivity contribution is 7.10. The zero-order chi connectivity index (χ0) is 13.7. The van der Waals surface area contributed by atoms with Crippen molar-refractivity contribution in [3.05, 3.63) is 22.4 Å². The molecule has 0 saturated heterocycles. The highest BCUT2D eigenvalue weighted by atomic mass is 32.1. The Balaban J connectivity index is 2.65. The first-order valence-electron chi connectivity index (χ1n) is 5.76. The largest absolute Gasteiger partial charge is 0.480 e. The number of nitrogens with one attached hydrogen (secondary N) is 1. The molecule has 0 fully saturated rings. The van der Waals surface area contributed by atoms with Crippen LogP contribution in [0.4, 0.5) is 4.79 Å². The van der Waals surface area contributed by atoms with Crippen LogP contribution in [-0.2, 0) is 4.79 Å². The van der Waals surface area contributed by atoms with Crippen LogP contribution < -0.4 is 5.32 Å². The van der Waals surface area contributed by atoms with E-state index < -0.39 is 12.0 Å². The van der Waals surface area contributed by atoms with Gasteiger partial charge in [-0.25, -0.2) is 9.59 Å². The smallest absolute Gasteiger partial charge is 0.326 e. The van der Waals surface area contributed by atoms with Crippen molar-refractivity contribution >= 4 is 23.3 Å². The number of nitrogens with zero attached hydrogens (tertiary/aromatic N) is 1. The molecule has 1 aromatic rings. The zero-order valence-electron chi connectivity index (χ0n) is 10.7. The number of carbonyl (C=O) groups is 2. The lowest BCUT2D eigenvalue weighted by Gasteiger charge is -2.25. The molecule has 0 radical (unpaired) electrons. The monoisotopic (exact) mass is 270 g/mol. The van der Waals surface area contributed by atoms with Gasteiger partial charge in [0, 0.05) is 11.9 Å². The van der Waals surface area contributed by atoms with E-state index in [2.05, 4.69) is 5.32 Å². The van der Waals surface area contributed by atoms with E-state index >= 15 is 0 Å². The minimum absolute atomic E-state index is 0.0686. The van der Waals surface area contributed by atoms with Crippen LogP contribution in [0.15, 0.2) is 17.5 Å². The van der Waals surface area contributed by atoms with E-state index in [4.69, 9.17) is 5.11 Å². The lowest BCUT2D eigenvalue weighted by atomic mass is 10.2. The number of carboxylic acids is 1. The Bertz CT molecular complexity index is 405. The van der Waals surface area contributed by atoms with Gasteiger partial charge in [0.1, 0.15) is 6.04 Å². The van der Waals surface area contributed by atoms with Gasteiger partial charge in [-0.15, -0.1) is 11.3 Å². The van der Waals surface area contributed by atoms with Crippen molar-refractivity contribution in [2.45, 2.75) is 32.4 Å². The molecule has 2 unspecified atom stereocenters. The molecule has 5 nitrogen and oxygen atoms in total. The van der Waals surface area contributed by atoms with Gasteiger partial charge in [0.25, 0.3) is 0 Å². The molecule has 100 valence electrons. The van der Waals surface area contributed by atoms with Gasteiger partial charge in [0.15, 0.2) is 0 Å². The summed E-state index contributed by atoms with van der Waals surface area (Å²) in [5.74, 6) is -1.02. The van der Waals surface area contributed by atoms with Gasteiger partial charge >= 0.3 is 12.0 Å². The average Bonchev–Trinajstić information content (AvgIpc) is 2.87. The average molecular weight is 270 g/mol. The Morgan fingerprint density at radius 1 is 1.56 bits per heavy atom. The molecule has 0 saturated carbocycles. The van der Waals surface area contributed by atoms with E-state index in [1.807, 2.05) is 24.4 Å². The normalized spacial score (nSPS) is 13.7. The first kappa shape index (κ1) is 14.5. The number of urea groups is 1. The number of rotatable bonds is 5. The van der Waals surface area contributed by atoms with E-state index in [9.17, 15) is 9.59 Å². The van der Waals surface area contributed by atoms with Crippen LogP contribution >= 0.6 is 11.3 Å². The Kier molecular flexibility index (Phi) is 5.15. The molecule has 0 aliphatic carbocycles. The van der Waals surface area contributed by atoms with Crippen molar-refractivity contribution in [3.63, 3.8) is 0 Å². The summed E-state index contributed by atoms with van der Waals surface area (Å²) in [6, 6.07) is 2.61. The summed E-state index contributed by atoms with van der Waals surface area (Å²) in [7, 11) is 1.48. The van der Waals surface area contributed by atoms with Crippen molar-refractivity contribution < 1.29 is 14.7 Å². The van der Waals surface area contributed by atoms with Crippen molar-refractivity contribution in [1.82, 2.24) is 10.2 Å². The predicted molar refractivity (Wildman–Crippen MR) is 70.7 cm³/mol. The maximum atomic E-state index is 11.9. The molecule has 2 N–H and O–H groups in total. The van der Waals surface area contributed by atoms with Crippen LogP contribution in [-0.4, -0.2) is 35.1 Å². The highest BCUT2D eigenvalue weighted by Gasteiger charge is 2.23. The van der Waals surface area contributed by atoms with Crippen LogP contribution in [0.5, 0.6) is 0 Å². The maximum absolute atomic E-state index is 11.9. The number of carboxylic acid groups (broad SMARTS) is 1. The molecule has 0 spiro atoms. The third-order valence-corrected chi connectivity index (χ3v) is 3.84. The van der Waals surface area contributed by atoms with Crippen LogP contribution in [0.3, 0.4) is 0 Å². The summed E-state index contributed by atoms with van der Waals surface area (Å²) < 4.78 is 0. The lowest BCUT2D eigenvalue weighted by molar-refractivity contribution is -0.141. The fourth-order valence-electron chi connectivity index (χ4n) is 1.46. The summed E-state index contributed by atoms with van der Waals surface area (Å²) >= 11 is 1.57. The van der Waals surface area contributed by atoms with Crippen molar-refractivity contribution in [3.8, 4) is 0 Å². The number of hydrogen-bond acceptors (Lipinski definition) is 3. The number of aliphatic carboxylic acids is 1. The standard InChI is InChI=1S/C12H18N2O3S/c1-4-9(10-6-5-7-18-10)13-12(17)14(3)8(2)11(15)16/h5-9H,4H2,1-3H3,(H,13,17)(H,15,16). The van der Waals surface area contributed by atoms with Crippen LogP contribution in [0.25, 0.3) is 0 Å². The molecule has 1 aromatic heterocycles. The predicted octanol–water partition coefficient (Wildman–Crippen LogP) is 2.31. The second-order valence-corrected chi connectivity index (χ2v) is 5.03. The number of likely N-dealkylation sites (N-methyl/N-ethyl adjacent to an activating group) is 1. The zero-order valence-corrected chi connectivity index (χ0v) is 11.5. The summed E-state index contributed by atoms with van der Waals surface area (Å²) in [4.78, 5) is 25.0. The molecule has 0 aliphatic heterocycles. The van der Waals surface area contributed by atoms with Crippen LogP contribution in [0.1, 0.15) is 31.2 Å². The van der Waals surface area contributed by atoms with E-state index in [1.54, 1.807) is 11.3 Å². The molecule has 1 rings (SSSR count). The van der Waals surface area contributed by atoms with Gasteiger partial charge in [-0.3, -0.25) is 0 Å². The van der Waals surface area contributed by atoms with Crippen molar-refractivity contribution in [1.29, 1.82) is 0 Å². The first-order chi connectivity index (χ1) is 8.47. The Morgan fingerprint density at radius 2 is 2.22 bits per heavy atom. The molecule has 0 bridgehead atoms. The summed E-state index contributed by atoms with van der Waals surface area (Å²) in [5.41, 5.74) is 0. The fraction of sp³-hybridized carbons (Fsp3) is 0.500. The molecular formula is C12H18N2O3S.